The minimum Gasteiger partial charge on any atom is -0.493 e. The second kappa shape index (κ2) is 2.91. The van der Waals surface area contributed by atoms with E-state index in [1.807, 2.05) is 0 Å². The Morgan fingerprint density at radius 1 is 1.78 bits per heavy atom. The molecule has 0 saturated heterocycles. The Hall–Kier alpha value is -1.25. The molecule has 1 aliphatic rings. The number of rotatable bonds is 2. The molecule has 48 valence electrons. The summed E-state index contributed by atoms with van der Waals surface area (Å²) in [6, 6.07) is 0. The fourth-order valence-electron chi connectivity index (χ4n) is 0.516. The third-order valence-corrected chi connectivity index (χ3v) is 0.882. The van der Waals surface area contributed by atoms with Crippen LogP contribution in [0.2, 0.25) is 0 Å². The van der Waals surface area contributed by atoms with Crippen molar-refractivity contribution in [2.24, 2.45) is 0 Å². The zero-order chi connectivity index (χ0) is 6.53. The van der Waals surface area contributed by atoms with Gasteiger partial charge in [0.05, 0.1) is 6.26 Å². The maximum Gasteiger partial charge on any atom is 0.298 e. The van der Waals surface area contributed by atoms with Gasteiger partial charge in [-0.2, -0.15) is 0 Å². The van der Waals surface area contributed by atoms with E-state index in [9.17, 15) is 4.79 Å². The van der Waals surface area contributed by atoms with Crippen molar-refractivity contribution in [3.63, 3.8) is 0 Å². The number of carbonyl (C=O) groups is 1. The monoisotopic (exact) mass is 126 g/mol. The van der Waals surface area contributed by atoms with E-state index >= 15 is 0 Å². The van der Waals surface area contributed by atoms with Gasteiger partial charge in [-0.05, 0) is 12.2 Å². The van der Waals surface area contributed by atoms with Crippen LogP contribution in [0.5, 0.6) is 0 Å². The Kier molecular flexibility index (Phi) is 1.90. The van der Waals surface area contributed by atoms with Gasteiger partial charge in [-0.3, -0.25) is 4.79 Å². The average Bonchev–Trinajstić information content (AvgIpc) is 1.91. The highest BCUT2D eigenvalue weighted by atomic mass is 16.5. The van der Waals surface area contributed by atoms with Gasteiger partial charge in [-0.15, -0.1) is 0 Å². The molecular formula is C6H6O3. The molecule has 3 heteroatoms. The Bertz CT molecular complexity index is 158. The Labute approximate surface area is 52.6 Å². The third-order valence-electron chi connectivity index (χ3n) is 0.882. The average molecular weight is 126 g/mol. The molecule has 3 nitrogen and oxygen atoms in total. The SMILES string of the molecule is O=COC1=CC=COC1. The first-order valence-electron chi connectivity index (χ1n) is 2.51. The van der Waals surface area contributed by atoms with E-state index in [2.05, 4.69) is 4.74 Å². The molecule has 9 heavy (non-hydrogen) atoms. The lowest BCUT2D eigenvalue weighted by Crippen LogP contribution is -2.00. The molecule has 0 N–H and O–H groups in total. The van der Waals surface area contributed by atoms with E-state index in [1.165, 1.54) is 6.26 Å². The minimum atomic E-state index is 0.342. The predicted octanol–water partition coefficient (Wildman–Crippen LogP) is 0.587. The van der Waals surface area contributed by atoms with E-state index in [-0.39, 0.29) is 0 Å². The van der Waals surface area contributed by atoms with Crippen LogP contribution in [0.1, 0.15) is 0 Å². The fourth-order valence-corrected chi connectivity index (χ4v) is 0.516. The Balaban J connectivity index is 2.47. The predicted molar refractivity (Wildman–Crippen MR) is 30.3 cm³/mol. The zero-order valence-electron chi connectivity index (χ0n) is 4.74. The Morgan fingerprint density at radius 3 is 3.22 bits per heavy atom. The second-order valence-electron chi connectivity index (χ2n) is 1.49. The molecule has 0 aromatic rings. The first-order valence-corrected chi connectivity index (χ1v) is 2.51. The van der Waals surface area contributed by atoms with Crippen molar-refractivity contribution in [1.82, 2.24) is 0 Å². The van der Waals surface area contributed by atoms with Crippen LogP contribution in [0.3, 0.4) is 0 Å². The summed E-state index contributed by atoms with van der Waals surface area (Å²) in [5.74, 6) is 0.535. The molecule has 0 bridgehead atoms. The number of carbonyl (C=O) groups excluding carboxylic acids is 1. The van der Waals surface area contributed by atoms with Crippen molar-refractivity contribution in [3.8, 4) is 0 Å². The van der Waals surface area contributed by atoms with Crippen LogP contribution >= 0.6 is 0 Å². The maximum atomic E-state index is 9.73. The summed E-state index contributed by atoms with van der Waals surface area (Å²) >= 11 is 0. The van der Waals surface area contributed by atoms with E-state index in [0.29, 0.717) is 18.8 Å². The summed E-state index contributed by atoms with van der Waals surface area (Å²) in [4.78, 5) is 9.73. The lowest BCUT2D eigenvalue weighted by Gasteiger charge is -2.05. The molecule has 1 heterocycles. The number of hydrogen-bond donors (Lipinski definition) is 0. The molecule has 0 spiro atoms. The van der Waals surface area contributed by atoms with Crippen molar-refractivity contribution in [3.05, 3.63) is 24.2 Å². The largest absolute Gasteiger partial charge is 0.493 e. The van der Waals surface area contributed by atoms with Crippen LogP contribution < -0.4 is 0 Å². The van der Waals surface area contributed by atoms with E-state index in [1.54, 1.807) is 12.2 Å². The van der Waals surface area contributed by atoms with Crippen molar-refractivity contribution in [2.45, 2.75) is 0 Å². The van der Waals surface area contributed by atoms with Gasteiger partial charge in [0, 0.05) is 0 Å². The standard InChI is InChI=1S/C6H6O3/c7-5-9-6-2-1-3-8-4-6/h1-3,5H,4H2. The molecule has 0 aromatic heterocycles. The molecule has 0 amide bonds. The maximum absolute atomic E-state index is 9.73. The molecule has 0 aromatic carbocycles. The molecule has 0 saturated carbocycles. The second-order valence-corrected chi connectivity index (χ2v) is 1.49. The first-order chi connectivity index (χ1) is 4.43. The van der Waals surface area contributed by atoms with Crippen molar-refractivity contribution in [2.75, 3.05) is 6.61 Å². The van der Waals surface area contributed by atoms with Gasteiger partial charge in [0.1, 0.15) is 12.4 Å². The van der Waals surface area contributed by atoms with Crippen LogP contribution in [0, 0.1) is 0 Å². The van der Waals surface area contributed by atoms with Crippen molar-refractivity contribution in [1.29, 1.82) is 0 Å². The van der Waals surface area contributed by atoms with Gasteiger partial charge in [0.15, 0.2) is 0 Å². The van der Waals surface area contributed by atoms with Crippen molar-refractivity contribution < 1.29 is 14.3 Å². The van der Waals surface area contributed by atoms with Gasteiger partial charge in [0.25, 0.3) is 6.47 Å². The van der Waals surface area contributed by atoms with E-state index < -0.39 is 0 Å². The van der Waals surface area contributed by atoms with Gasteiger partial charge in [-0.1, -0.05) is 0 Å². The quantitative estimate of drug-likeness (QED) is 0.508. The summed E-state index contributed by atoms with van der Waals surface area (Å²) in [7, 11) is 0. The smallest absolute Gasteiger partial charge is 0.298 e. The lowest BCUT2D eigenvalue weighted by atomic mass is 10.4. The van der Waals surface area contributed by atoms with Crippen LogP contribution in [-0.2, 0) is 14.3 Å². The molecule has 1 rings (SSSR count). The lowest BCUT2D eigenvalue weighted by molar-refractivity contribution is -0.125. The fraction of sp³-hybridized carbons (Fsp3) is 0.167. The molecule has 0 unspecified atom stereocenters. The first kappa shape index (κ1) is 5.88. The van der Waals surface area contributed by atoms with Crippen LogP contribution in [0.4, 0.5) is 0 Å². The summed E-state index contributed by atoms with van der Waals surface area (Å²) in [5.41, 5.74) is 0. The van der Waals surface area contributed by atoms with Gasteiger partial charge in [-0.25, -0.2) is 0 Å². The number of ether oxygens (including phenoxy) is 2. The molecular weight excluding hydrogens is 120 g/mol. The highest BCUT2D eigenvalue weighted by Gasteiger charge is 1.98. The van der Waals surface area contributed by atoms with Crippen molar-refractivity contribution >= 4 is 6.47 Å². The van der Waals surface area contributed by atoms with Gasteiger partial charge >= 0.3 is 0 Å². The summed E-state index contributed by atoms with van der Waals surface area (Å²) in [6.45, 7) is 0.726. The van der Waals surface area contributed by atoms with Crippen LogP contribution in [-0.4, -0.2) is 13.1 Å². The summed E-state index contributed by atoms with van der Waals surface area (Å²) in [5, 5.41) is 0. The summed E-state index contributed by atoms with van der Waals surface area (Å²) in [6.07, 6.45) is 4.89. The molecule has 0 atom stereocenters. The minimum absolute atomic E-state index is 0.342. The topological polar surface area (TPSA) is 35.5 Å². The molecule has 0 aliphatic carbocycles. The van der Waals surface area contributed by atoms with E-state index in [0.717, 1.165) is 0 Å². The van der Waals surface area contributed by atoms with E-state index in [4.69, 9.17) is 4.74 Å². The highest BCUT2D eigenvalue weighted by molar-refractivity contribution is 5.40. The molecule has 1 aliphatic heterocycles. The molecule has 0 fully saturated rings. The van der Waals surface area contributed by atoms with Gasteiger partial charge < -0.3 is 9.47 Å². The molecule has 0 radical (unpaired) electrons. The number of allylic oxidation sites excluding steroid dienone is 2. The normalized spacial score (nSPS) is 15.8. The third kappa shape index (κ3) is 1.60. The Morgan fingerprint density at radius 2 is 2.67 bits per heavy atom. The summed E-state index contributed by atoms with van der Waals surface area (Å²) < 4.78 is 9.29. The van der Waals surface area contributed by atoms with Gasteiger partial charge in [0.2, 0.25) is 0 Å². The highest BCUT2D eigenvalue weighted by Crippen LogP contribution is 2.01. The number of hydrogen-bond acceptors (Lipinski definition) is 3. The zero-order valence-corrected chi connectivity index (χ0v) is 4.74. The van der Waals surface area contributed by atoms with Crippen LogP contribution in [0.25, 0.3) is 0 Å². The van der Waals surface area contributed by atoms with Crippen LogP contribution in [0.15, 0.2) is 24.2 Å².